The van der Waals surface area contributed by atoms with Gasteiger partial charge in [-0.1, -0.05) is 36.2 Å². The highest BCUT2D eigenvalue weighted by molar-refractivity contribution is 6.31. The standard InChI is InChI=1S/C15H21ClFN/c1-15(17,11-13-7-4-5-9-18-13)10-12-6-2-3-8-14(12)16/h2-3,6,8,13,18H,4-5,7,9-11H2,1H3. The second-order valence-corrected chi connectivity index (χ2v) is 5.94. The van der Waals surface area contributed by atoms with Crippen LogP contribution in [-0.2, 0) is 6.42 Å². The van der Waals surface area contributed by atoms with E-state index in [0.717, 1.165) is 18.5 Å². The number of nitrogens with one attached hydrogen (secondary N) is 1. The Labute approximate surface area is 114 Å². The molecule has 2 rings (SSSR count). The molecule has 1 aliphatic heterocycles. The molecule has 1 aliphatic rings. The Kier molecular flexibility index (Phi) is 4.63. The lowest BCUT2D eigenvalue weighted by Crippen LogP contribution is -2.40. The Morgan fingerprint density at radius 1 is 1.39 bits per heavy atom. The van der Waals surface area contributed by atoms with Crippen molar-refractivity contribution in [2.24, 2.45) is 0 Å². The maximum atomic E-state index is 14.6. The van der Waals surface area contributed by atoms with Crippen LogP contribution in [0.4, 0.5) is 4.39 Å². The van der Waals surface area contributed by atoms with Gasteiger partial charge in [0.05, 0.1) is 0 Å². The van der Waals surface area contributed by atoms with E-state index in [0.29, 0.717) is 23.9 Å². The maximum absolute atomic E-state index is 14.6. The normalized spacial score (nSPS) is 23.6. The molecule has 0 saturated carbocycles. The Balaban J connectivity index is 1.96. The predicted octanol–water partition coefficient (Wildman–Crippen LogP) is 4.14. The highest BCUT2D eigenvalue weighted by Crippen LogP contribution is 2.28. The van der Waals surface area contributed by atoms with E-state index < -0.39 is 5.67 Å². The fourth-order valence-electron chi connectivity index (χ4n) is 2.72. The molecule has 1 aromatic rings. The van der Waals surface area contributed by atoms with E-state index in [-0.39, 0.29) is 0 Å². The highest BCUT2D eigenvalue weighted by atomic mass is 35.5. The van der Waals surface area contributed by atoms with Gasteiger partial charge in [-0.25, -0.2) is 4.39 Å². The quantitative estimate of drug-likeness (QED) is 0.866. The maximum Gasteiger partial charge on any atom is 0.113 e. The van der Waals surface area contributed by atoms with Crippen LogP contribution >= 0.6 is 11.6 Å². The van der Waals surface area contributed by atoms with Crippen molar-refractivity contribution in [3.8, 4) is 0 Å². The first kappa shape index (κ1) is 13.8. The minimum atomic E-state index is -1.19. The van der Waals surface area contributed by atoms with E-state index in [1.807, 2.05) is 24.3 Å². The summed E-state index contributed by atoms with van der Waals surface area (Å²) in [4.78, 5) is 0. The second kappa shape index (κ2) is 6.03. The average Bonchev–Trinajstić information content (AvgIpc) is 2.32. The van der Waals surface area contributed by atoms with Gasteiger partial charge in [-0.2, -0.15) is 0 Å². The molecule has 1 nitrogen and oxygen atoms in total. The minimum absolute atomic E-state index is 0.316. The van der Waals surface area contributed by atoms with Crippen molar-refractivity contribution in [3.63, 3.8) is 0 Å². The molecule has 18 heavy (non-hydrogen) atoms. The molecule has 100 valence electrons. The lowest BCUT2D eigenvalue weighted by Gasteiger charge is -2.30. The third-order valence-corrected chi connectivity index (χ3v) is 3.97. The van der Waals surface area contributed by atoms with E-state index >= 15 is 0 Å². The van der Waals surface area contributed by atoms with Gasteiger partial charge in [-0.05, 0) is 44.4 Å². The van der Waals surface area contributed by atoms with Crippen LogP contribution < -0.4 is 5.32 Å². The fourth-order valence-corrected chi connectivity index (χ4v) is 2.93. The summed E-state index contributed by atoms with van der Waals surface area (Å²) in [6.45, 7) is 2.71. The van der Waals surface area contributed by atoms with Gasteiger partial charge < -0.3 is 5.32 Å². The number of hydrogen-bond acceptors (Lipinski definition) is 1. The van der Waals surface area contributed by atoms with E-state index in [1.54, 1.807) is 6.92 Å². The summed E-state index contributed by atoms with van der Waals surface area (Å²) >= 11 is 6.09. The zero-order valence-electron chi connectivity index (χ0n) is 10.9. The van der Waals surface area contributed by atoms with Gasteiger partial charge in [-0.15, -0.1) is 0 Å². The van der Waals surface area contributed by atoms with Crippen LogP contribution in [-0.4, -0.2) is 18.3 Å². The van der Waals surface area contributed by atoms with Crippen molar-refractivity contribution < 1.29 is 4.39 Å². The molecule has 0 bridgehead atoms. The van der Waals surface area contributed by atoms with E-state index in [2.05, 4.69) is 5.32 Å². The van der Waals surface area contributed by atoms with Crippen molar-refractivity contribution in [2.45, 2.75) is 50.7 Å². The average molecular weight is 270 g/mol. The zero-order chi connectivity index (χ0) is 13.0. The van der Waals surface area contributed by atoms with Crippen LogP contribution in [0.25, 0.3) is 0 Å². The highest BCUT2D eigenvalue weighted by Gasteiger charge is 2.29. The molecule has 0 radical (unpaired) electrons. The van der Waals surface area contributed by atoms with Crippen molar-refractivity contribution >= 4 is 11.6 Å². The molecule has 1 heterocycles. The first-order valence-electron chi connectivity index (χ1n) is 6.72. The van der Waals surface area contributed by atoms with Crippen LogP contribution in [0, 0.1) is 0 Å². The minimum Gasteiger partial charge on any atom is -0.314 e. The Morgan fingerprint density at radius 3 is 2.83 bits per heavy atom. The van der Waals surface area contributed by atoms with Gasteiger partial charge in [0.2, 0.25) is 0 Å². The summed E-state index contributed by atoms with van der Waals surface area (Å²) in [7, 11) is 0. The molecule has 1 aromatic carbocycles. The number of halogens is 2. The SMILES string of the molecule is CC(F)(Cc1ccccc1Cl)CC1CCCCN1. The van der Waals surface area contributed by atoms with E-state index in [9.17, 15) is 4.39 Å². The first-order chi connectivity index (χ1) is 8.57. The van der Waals surface area contributed by atoms with Gasteiger partial charge in [0.25, 0.3) is 0 Å². The summed E-state index contributed by atoms with van der Waals surface area (Å²) < 4.78 is 14.6. The number of alkyl halides is 1. The van der Waals surface area contributed by atoms with Gasteiger partial charge in [0, 0.05) is 17.5 Å². The van der Waals surface area contributed by atoms with Gasteiger partial charge in [0.1, 0.15) is 5.67 Å². The number of hydrogen-bond donors (Lipinski definition) is 1. The molecule has 0 spiro atoms. The molecule has 1 fully saturated rings. The van der Waals surface area contributed by atoms with Gasteiger partial charge >= 0.3 is 0 Å². The van der Waals surface area contributed by atoms with Crippen molar-refractivity contribution in [1.82, 2.24) is 5.32 Å². The first-order valence-corrected chi connectivity index (χ1v) is 7.10. The summed E-state index contributed by atoms with van der Waals surface area (Å²) in [5.74, 6) is 0. The third kappa shape index (κ3) is 3.96. The smallest absolute Gasteiger partial charge is 0.113 e. The lowest BCUT2D eigenvalue weighted by molar-refractivity contribution is 0.146. The molecular weight excluding hydrogens is 249 g/mol. The molecule has 1 saturated heterocycles. The summed E-state index contributed by atoms with van der Waals surface area (Å²) in [5, 5.41) is 4.07. The number of rotatable bonds is 4. The van der Waals surface area contributed by atoms with Gasteiger partial charge in [0.15, 0.2) is 0 Å². The monoisotopic (exact) mass is 269 g/mol. The topological polar surface area (TPSA) is 12.0 Å². The Bertz CT molecular complexity index is 386. The van der Waals surface area contributed by atoms with Gasteiger partial charge in [-0.3, -0.25) is 0 Å². The molecule has 2 unspecified atom stereocenters. The molecular formula is C15H21ClFN. The largest absolute Gasteiger partial charge is 0.314 e. The van der Waals surface area contributed by atoms with E-state index in [1.165, 1.54) is 12.8 Å². The van der Waals surface area contributed by atoms with Crippen LogP contribution in [0.5, 0.6) is 0 Å². The molecule has 1 N–H and O–H groups in total. The predicted molar refractivity (Wildman–Crippen MR) is 74.9 cm³/mol. The lowest BCUT2D eigenvalue weighted by atomic mass is 9.88. The van der Waals surface area contributed by atoms with Crippen molar-refractivity contribution in [3.05, 3.63) is 34.9 Å². The zero-order valence-corrected chi connectivity index (χ0v) is 11.6. The fraction of sp³-hybridized carbons (Fsp3) is 0.600. The summed E-state index contributed by atoms with van der Waals surface area (Å²) in [6, 6.07) is 7.84. The Hall–Kier alpha value is -0.600. The van der Waals surface area contributed by atoms with Crippen molar-refractivity contribution in [1.29, 1.82) is 0 Å². The third-order valence-electron chi connectivity index (χ3n) is 3.60. The van der Waals surface area contributed by atoms with Crippen LogP contribution in [0.1, 0.15) is 38.2 Å². The van der Waals surface area contributed by atoms with Crippen LogP contribution in [0.3, 0.4) is 0 Å². The van der Waals surface area contributed by atoms with Crippen molar-refractivity contribution in [2.75, 3.05) is 6.54 Å². The number of benzene rings is 1. The summed E-state index contributed by atoms with van der Waals surface area (Å²) in [5.41, 5.74) is -0.292. The number of piperidine rings is 1. The van der Waals surface area contributed by atoms with Crippen LogP contribution in [0.2, 0.25) is 5.02 Å². The molecule has 0 aliphatic carbocycles. The van der Waals surface area contributed by atoms with E-state index in [4.69, 9.17) is 11.6 Å². The molecule has 3 heteroatoms. The molecule has 2 atom stereocenters. The van der Waals surface area contributed by atoms with Crippen LogP contribution in [0.15, 0.2) is 24.3 Å². The second-order valence-electron chi connectivity index (χ2n) is 5.53. The molecule has 0 aromatic heterocycles. The summed E-state index contributed by atoms with van der Waals surface area (Å²) in [6.07, 6.45) is 4.47. The Morgan fingerprint density at radius 2 is 2.17 bits per heavy atom. The molecule has 0 amide bonds.